The molecule has 0 saturated carbocycles. The standard InChI is InChI=1S/C11H21N3S2/c1-8(2)6-12-10-13-9(14-16-10)7-15-11(3,4)5/h8H,6-7H2,1-5H3,(H,12,13,14). The van der Waals surface area contributed by atoms with Crippen molar-refractivity contribution in [3.63, 3.8) is 0 Å². The topological polar surface area (TPSA) is 37.8 Å². The van der Waals surface area contributed by atoms with Crippen molar-refractivity contribution in [3.8, 4) is 0 Å². The number of rotatable bonds is 5. The SMILES string of the molecule is CC(C)CNc1nc(CSC(C)(C)C)ns1. The summed E-state index contributed by atoms with van der Waals surface area (Å²) in [6, 6.07) is 0. The van der Waals surface area contributed by atoms with E-state index < -0.39 is 0 Å². The number of anilines is 1. The third-order valence-corrected chi connectivity index (χ3v) is 3.74. The first-order valence-electron chi connectivity index (χ1n) is 5.57. The van der Waals surface area contributed by atoms with Crippen LogP contribution in [0.3, 0.4) is 0 Å². The molecule has 3 nitrogen and oxygen atoms in total. The van der Waals surface area contributed by atoms with Gasteiger partial charge in [-0.2, -0.15) is 4.37 Å². The molecular formula is C11H21N3S2. The fraction of sp³-hybridized carbons (Fsp3) is 0.818. The Morgan fingerprint density at radius 3 is 2.62 bits per heavy atom. The molecule has 0 amide bonds. The molecule has 0 saturated heterocycles. The summed E-state index contributed by atoms with van der Waals surface area (Å²) in [4.78, 5) is 4.46. The van der Waals surface area contributed by atoms with Crippen LogP contribution in [0.5, 0.6) is 0 Å². The van der Waals surface area contributed by atoms with Crippen molar-refractivity contribution in [2.75, 3.05) is 11.9 Å². The minimum atomic E-state index is 0.275. The van der Waals surface area contributed by atoms with Crippen molar-refractivity contribution < 1.29 is 0 Å². The zero-order chi connectivity index (χ0) is 12.2. The van der Waals surface area contributed by atoms with E-state index in [9.17, 15) is 0 Å². The average Bonchev–Trinajstić information content (AvgIpc) is 2.58. The molecule has 1 aromatic rings. The van der Waals surface area contributed by atoms with Gasteiger partial charge in [0.1, 0.15) is 0 Å². The molecule has 0 spiro atoms. The van der Waals surface area contributed by atoms with E-state index in [1.54, 1.807) is 0 Å². The summed E-state index contributed by atoms with van der Waals surface area (Å²) < 4.78 is 4.62. The first-order valence-corrected chi connectivity index (χ1v) is 7.33. The minimum absolute atomic E-state index is 0.275. The lowest BCUT2D eigenvalue weighted by Gasteiger charge is -2.15. The Bertz CT molecular complexity index is 315. The van der Waals surface area contributed by atoms with Gasteiger partial charge in [0.15, 0.2) is 5.82 Å². The summed E-state index contributed by atoms with van der Waals surface area (Å²) in [6.07, 6.45) is 0. The van der Waals surface area contributed by atoms with Crippen LogP contribution >= 0.6 is 23.3 Å². The molecule has 1 aromatic heterocycles. The molecule has 0 bridgehead atoms. The normalized spacial score (nSPS) is 12.1. The maximum Gasteiger partial charge on any atom is 0.202 e. The van der Waals surface area contributed by atoms with Crippen molar-refractivity contribution in [3.05, 3.63) is 5.82 Å². The first kappa shape index (κ1) is 13.8. The van der Waals surface area contributed by atoms with Crippen LogP contribution in [-0.2, 0) is 5.75 Å². The Labute approximate surface area is 107 Å². The molecule has 16 heavy (non-hydrogen) atoms. The van der Waals surface area contributed by atoms with Gasteiger partial charge in [0.05, 0.1) is 5.75 Å². The molecule has 0 aromatic carbocycles. The highest BCUT2D eigenvalue weighted by molar-refractivity contribution is 7.99. The number of hydrogen-bond donors (Lipinski definition) is 1. The van der Waals surface area contributed by atoms with Crippen LogP contribution in [0.4, 0.5) is 5.13 Å². The zero-order valence-corrected chi connectivity index (χ0v) is 12.3. The van der Waals surface area contributed by atoms with Crippen molar-refractivity contribution in [1.29, 1.82) is 0 Å². The van der Waals surface area contributed by atoms with Gasteiger partial charge in [-0.1, -0.05) is 34.6 Å². The zero-order valence-electron chi connectivity index (χ0n) is 10.7. The van der Waals surface area contributed by atoms with E-state index >= 15 is 0 Å². The molecular weight excluding hydrogens is 238 g/mol. The molecule has 0 atom stereocenters. The lowest BCUT2D eigenvalue weighted by atomic mass is 10.2. The lowest BCUT2D eigenvalue weighted by Crippen LogP contribution is -2.08. The Kier molecular flexibility index (Phi) is 5.05. The van der Waals surface area contributed by atoms with E-state index in [-0.39, 0.29) is 4.75 Å². The smallest absolute Gasteiger partial charge is 0.202 e. The monoisotopic (exact) mass is 259 g/mol. The fourth-order valence-corrected chi connectivity index (χ4v) is 2.32. The molecule has 0 unspecified atom stereocenters. The molecule has 5 heteroatoms. The molecule has 1 heterocycles. The lowest BCUT2D eigenvalue weighted by molar-refractivity contribution is 0.688. The highest BCUT2D eigenvalue weighted by atomic mass is 32.2. The van der Waals surface area contributed by atoms with E-state index in [2.05, 4.69) is 49.3 Å². The number of hydrogen-bond acceptors (Lipinski definition) is 5. The highest BCUT2D eigenvalue weighted by Crippen LogP contribution is 2.27. The second-order valence-electron chi connectivity index (χ2n) is 5.19. The van der Waals surface area contributed by atoms with Gasteiger partial charge in [0.2, 0.25) is 5.13 Å². The van der Waals surface area contributed by atoms with Crippen molar-refractivity contribution >= 4 is 28.4 Å². The average molecular weight is 259 g/mol. The third kappa shape index (κ3) is 5.70. The van der Waals surface area contributed by atoms with Gasteiger partial charge in [-0.05, 0) is 5.92 Å². The second-order valence-corrected chi connectivity index (χ2v) is 7.75. The number of thioether (sulfide) groups is 1. The summed E-state index contributed by atoms with van der Waals surface area (Å²) in [5.41, 5.74) is 0. The van der Waals surface area contributed by atoms with Gasteiger partial charge in [0.25, 0.3) is 0 Å². The molecule has 0 radical (unpaired) electrons. The van der Waals surface area contributed by atoms with Crippen LogP contribution in [0, 0.1) is 5.92 Å². The summed E-state index contributed by atoms with van der Waals surface area (Å²) in [5.74, 6) is 2.47. The number of nitrogens with one attached hydrogen (secondary N) is 1. The van der Waals surface area contributed by atoms with Crippen LogP contribution in [-0.4, -0.2) is 20.6 Å². The molecule has 1 rings (SSSR count). The van der Waals surface area contributed by atoms with Gasteiger partial charge in [0, 0.05) is 22.8 Å². The molecule has 0 fully saturated rings. The minimum Gasteiger partial charge on any atom is -0.360 e. The Morgan fingerprint density at radius 2 is 2.06 bits per heavy atom. The largest absolute Gasteiger partial charge is 0.360 e. The number of nitrogens with zero attached hydrogens (tertiary/aromatic N) is 2. The van der Waals surface area contributed by atoms with E-state index in [1.807, 2.05) is 11.8 Å². The molecule has 0 aliphatic heterocycles. The van der Waals surface area contributed by atoms with Gasteiger partial charge in [-0.15, -0.1) is 11.8 Å². The summed E-state index contributed by atoms with van der Waals surface area (Å²) in [5, 5.41) is 4.24. The van der Waals surface area contributed by atoms with Crippen LogP contribution < -0.4 is 5.32 Å². The van der Waals surface area contributed by atoms with Crippen molar-refractivity contribution in [2.24, 2.45) is 5.92 Å². The van der Waals surface area contributed by atoms with Gasteiger partial charge >= 0.3 is 0 Å². The third-order valence-electron chi connectivity index (χ3n) is 1.76. The van der Waals surface area contributed by atoms with E-state index in [4.69, 9.17) is 0 Å². The molecule has 0 aliphatic carbocycles. The van der Waals surface area contributed by atoms with Gasteiger partial charge in [-0.25, -0.2) is 4.98 Å². The maximum atomic E-state index is 4.46. The summed E-state index contributed by atoms with van der Waals surface area (Å²) in [6.45, 7) is 12.0. The van der Waals surface area contributed by atoms with Crippen LogP contribution in [0.15, 0.2) is 0 Å². The van der Waals surface area contributed by atoms with Gasteiger partial charge in [-0.3, -0.25) is 0 Å². The van der Waals surface area contributed by atoms with Crippen LogP contribution in [0.2, 0.25) is 0 Å². The second kappa shape index (κ2) is 5.87. The predicted octanol–water partition coefficient (Wildman–Crippen LogP) is 3.64. The fourth-order valence-electron chi connectivity index (χ4n) is 0.957. The predicted molar refractivity (Wildman–Crippen MR) is 74.3 cm³/mol. The maximum absolute atomic E-state index is 4.46. The Morgan fingerprint density at radius 1 is 1.38 bits per heavy atom. The van der Waals surface area contributed by atoms with Crippen LogP contribution in [0.1, 0.15) is 40.4 Å². The quantitative estimate of drug-likeness (QED) is 0.876. The van der Waals surface area contributed by atoms with Crippen molar-refractivity contribution in [1.82, 2.24) is 9.36 Å². The number of aromatic nitrogens is 2. The highest BCUT2D eigenvalue weighted by Gasteiger charge is 2.12. The van der Waals surface area contributed by atoms with Crippen molar-refractivity contribution in [2.45, 2.75) is 45.1 Å². The van der Waals surface area contributed by atoms with E-state index in [0.717, 1.165) is 23.3 Å². The van der Waals surface area contributed by atoms with Gasteiger partial charge < -0.3 is 5.32 Å². The Balaban J connectivity index is 2.39. The summed E-state index contributed by atoms with van der Waals surface area (Å²) >= 11 is 3.33. The van der Waals surface area contributed by atoms with E-state index in [1.165, 1.54) is 11.5 Å². The molecule has 92 valence electrons. The first-order chi connectivity index (χ1) is 7.37. The van der Waals surface area contributed by atoms with E-state index in [0.29, 0.717) is 5.92 Å². The molecule has 1 N–H and O–H groups in total. The Hall–Kier alpha value is -0.290. The summed E-state index contributed by atoms with van der Waals surface area (Å²) in [7, 11) is 0. The molecule has 0 aliphatic rings. The van der Waals surface area contributed by atoms with Crippen LogP contribution in [0.25, 0.3) is 0 Å².